The Balaban J connectivity index is 1.86. The Hall–Kier alpha value is -2.92. The van der Waals surface area contributed by atoms with Crippen LogP contribution in [0.5, 0.6) is 0 Å². The molecule has 2 unspecified atom stereocenters. The maximum absolute atomic E-state index is 13.2. The summed E-state index contributed by atoms with van der Waals surface area (Å²) in [6, 6.07) is 13.7. The molecule has 0 bridgehead atoms. The van der Waals surface area contributed by atoms with Crippen LogP contribution in [-0.4, -0.2) is 35.6 Å². The van der Waals surface area contributed by atoms with E-state index in [0.29, 0.717) is 47.8 Å². The Labute approximate surface area is 188 Å². The van der Waals surface area contributed by atoms with E-state index in [0.717, 1.165) is 0 Å². The number of carbonyl (C=O) groups excluding carboxylic acids is 3. The molecular weight excluding hydrogens is 412 g/mol. The maximum atomic E-state index is 13.2. The van der Waals surface area contributed by atoms with Gasteiger partial charge in [0, 0.05) is 29.2 Å². The van der Waals surface area contributed by atoms with Gasteiger partial charge >= 0.3 is 0 Å². The van der Waals surface area contributed by atoms with E-state index in [4.69, 9.17) is 11.6 Å². The fraction of sp³-hybridized carbons (Fsp3) is 0.320. The lowest BCUT2D eigenvalue weighted by Gasteiger charge is -2.31. The fourth-order valence-electron chi connectivity index (χ4n) is 3.93. The molecule has 2 aromatic carbocycles. The SMILES string of the molecule is CCN(CC)C(=O)C1CC=CCC1C(=O)Nc1ccc(Cl)cc1C(=O)c1ccccc1. The van der Waals surface area contributed by atoms with Crippen LogP contribution < -0.4 is 5.32 Å². The Morgan fingerprint density at radius 1 is 0.968 bits per heavy atom. The summed E-state index contributed by atoms with van der Waals surface area (Å²) in [6.45, 7) is 5.09. The normalized spacial score (nSPS) is 17.8. The van der Waals surface area contributed by atoms with E-state index < -0.39 is 11.8 Å². The van der Waals surface area contributed by atoms with Crippen LogP contribution in [0.1, 0.15) is 42.6 Å². The predicted molar refractivity (Wildman–Crippen MR) is 123 cm³/mol. The number of rotatable bonds is 7. The van der Waals surface area contributed by atoms with Crippen LogP contribution in [0.25, 0.3) is 0 Å². The topological polar surface area (TPSA) is 66.5 Å². The van der Waals surface area contributed by atoms with Crippen LogP contribution in [0.3, 0.4) is 0 Å². The summed E-state index contributed by atoms with van der Waals surface area (Å²) in [4.78, 5) is 41.0. The molecule has 2 atom stereocenters. The minimum absolute atomic E-state index is 0.00816. The molecule has 6 heteroatoms. The van der Waals surface area contributed by atoms with Crippen molar-refractivity contribution in [1.29, 1.82) is 0 Å². The highest BCUT2D eigenvalue weighted by Crippen LogP contribution is 2.30. The van der Waals surface area contributed by atoms with Crippen LogP contribution in [0.15, 0.2) is 60.7 Å². The highest BCUT2D eigenvalue weighted by Gasteiger charge is 2.36. The van der Waals surface area contributed by atoms with Crippen LogP contribution in [0.2, 0.25) is 5.02 Å². The van der Waals surface area contributed by atoms with E-state index in [1.54, 1.807) is 47.4 Å². The van der Waals surface area contributed by atoms with Crippen molar-refractivity contribution in [2.45, 2.75) is 26.7 Å². The molecular formula is C25H27ClN2O3. The van der Waals surface area contributed by atoms with Gasteiger partial charge in [0.25, 0.3) is 0 Å². The molecule has 0 spiro atoms. The second-order valence-corrected chi connectivity index (χ2v) is 7.98. The summed E-state index contributed by atoms with van der Waals surface area (Å²) in [6.07, 6.45) is 4.92. The Morgan fingerprint density at radius 2 is 1.61 bits per heavy atom. The summed E-state index contributed by atoms with van der Waals surface area (Å²) in [5.41, 5.74) is 1.23. The number of amides is 2. The van der Waals surface area contributed by atoms with Gasteiger partial charge in [0.1, 0.15) is 0 Å². The van der Waals surface area contributed by atoms with E-state index in [-0.39, 0.29) is 17.6 Å². The minimum atomic E-state index is -0.492. The van der Waals surface area contributed by atoms with Crippen LogP contribution in [0, 0.1) is 11.8 Å². The molecule has 0 aromatic heterocycles. The zero-order valence-corrected chi connectivity index (χ0v) is 18.6. The molecule has 31 heavy (non-hydrogen) atoms. The third-order valence-electron chi connectivity index (χ3n) is 5.68. The number of halogens is 1. The van der Waals surface area contributed by atoms with Crippen molar-refractivity contribution in [3.8, 4) is 0 Å². The summed E-state index contributed by atoms with van der Waals surface area (Å²) < 4.78 is 0. The average molecular weight is 439 g/mol. The standard InChI is InChI=1S/C25H27ClN2O3/c1-3-28(4-2)25(31)20-13-9-8-12-19(20)24(30)27-22-15-14-18(26)16-21(22)23(29)17-10-6-5-7-11-17/h5-11,14-16,19-20H,3-4,12-13H2,1-2H3,(H,27,30). The van der Waals surface area contributed by atoms with Gasteiger partial charge in [-0.05, 0) is 44.9 Å². The second kappa shape index (κ2) is 10.4. The van der Waals surface area contributed by atoms with E-state index in [9.17, 15) is 14.4 Å². The largest absolute Gasteiger partial charge is 0.343 e. The summed E-state index contributed by atoms with van der Waals surface area (Å²) in [5.74, 6) is -1.40. The van der Waals surface area contributed by atoms with Crippen LogP contribution >= 0.6 is 11.6 Å². The van der Waals surface area contributed by atoms with Gasteiger partial charge in [0.15, 0.2) is 5.78 Å². The quantitative estimate of drug-likeness (QED) is 0.490. The minimum Gasteiger partial charge on any atom is -0.343 e. The van der Waals surface area contributed by atoms with E-state index in [1.807, 2.05) is 32.1 Å². The van der Waals surface area contributed by atoms with Crippen LogP contribution in [0.4, 0.5) is 5.69 Å². The first kappa shape index (κ1) is 22.8. The number of anilines is 1. The van der Waals surface area contributed by atoms with Crippen molar-refractivity contribution in [3.63, 3.8) is 0 Å². The zero-order valence-electron chi connectivity index (χ0n) is 17.8. The molecule has 0 fully saturated rings. The third-order valence-corrected chi connectivity index (χ3v) is 5.92. The van der Waals surface area contributed by atoms with Gasteiger partial charge in [0.2, 0.25) is 11.8 Å². The number of benzene rings is 2. The lowest BCUT2D eigenvalue weighted by atomic mass is 9.81. The molecule has 3 rings (SSSR count). The molecule has 5 nitrogen and oxygen atoms in total. The highest BCUT2D eigenvalue weighted by atomic mass is 35.5. The maximum Gasteiger partial charge on any atom is 0.228 e. The first-order chi connectivity index (χ1) is 15.0. The van der Waals surface area contributed by atoms with E-state index in [2.05, 4.69) is 5.32 Å². The molecule has 162 valence electrons. The van der Waals surface area contributed by atoms with E-state index >= 15 is 0 Å². The number of hydrogen-bond donors (Lipinski definition) is 1. The van der Waals surface area contributed by atoms with Crippen molar-refractivity contribution >= 4 is 34.9 Å². The number of hydrogen-bond acceptors (Lipinski definition) is 3. The van der Waals surface area contributed by atoms with Gasteiger partial charge in [-0.3, -0.25) is 14.4 Å². The average Bonchev–Trinajstić information content (AvgIpc) is 2.81. The molecule has 0 saturated carbocycles. The molecule has 0 heterocycles. The number of ketones is 1. The fourth-order valence-corrected chi connectivity index (χ4v) is 4.10. The van der Waals surface area contributed by atoms with Gasteiger partial charge in [-0.15, -0.1) is 0 Å². The summed E-state index contributed by atoms with van der Waals surface area (Å²) in [5, 5.41) is 3.30. The molecule has 2 amide bonds. The van der Waals surface area contributed by atoms with Gasteiger partial charge in [-0.2, -0.15) is 0 Å². The Bertz CT molecular complexity index is 984. The number of nitrogens with zero attached hydrogens (tertiary/aromatic N) is 1. The van der Waals surface area contributed by atoms with Gasteiger partial charge in [-0.1, -0.05) is 54.1 Å². The first-order valence-corrected chi connectivity index (χ1v) is 11.0. The number of allylic oxidation sites excluding steroid dienone is 2. The number of carbonyl (C=O) groups is 3. The third kappa shape index (κ3) is 5.23. The second-order valence-electron chi connectivity index (χ2n) is 7.54. The first-order valence-electron chi connectivity index (χ1n) is 10.6. The molecule has 2 aromatic rings. The molecule has 1 aliphatic carbocycles. The Kier molecular flexibility index (Phi) is 7.64. The summed E-state index contributed by atoms with van der Waals surface area (Å²) in [7, 11) is 0. The predicted octanol–water partition coefficient (Wildman–Crippen LogP) is 4.96. The molecule has 0 saturated heterocycles. The zero-order chi connectivity index (χ0) is 22.4. The van der Waals surface area contributed by atoms with Crippen molar-refractivity contribution < 1.29 is 14.4 Å². The highest BCUT2D eigenvalue weighted by molar-refractivity contribution is 6.31. The van der Waals surface area contributed by atoms with E-state index in [1.165, 1.54) is 0 Å². The van der Waals surface area contributed by atoms with Gasteiger partial charge < -0.3 is 10.2 Å². The van der Waals surface area contributed by atoms with Crippen molar-refractivity contribution in [2.75, 3.05) is 18.4 Å². The van der Waals surface area contributed by atoms with Gasteiger partial charge in [-0.25, -0.2) is 0 Å². The molecule has 0 aliphatic heterocycles. The lowest BCUT2D eigenvalue weighted by Crippen LogP contribution is -2.43. The molecule has 0 radical (unpaired) electrons. The molecule has 1 N–H and O–H groups in total. The summed E-state index contributed by atoms with van der Waals surface area (Å²) >= 11 is 6.14. The lowest BCUT2D eigenvalue weighted by molar-refractivity contribution is -0.140. The Morgan fingerprint density at radius 3 is 2.26 bits per heavy atom. The monoisotopic (exact) mass is 438 g/mol. The smallest absolute Gasteiger partial charge is 0.228 e. The van der Waals surface area contributed by atoms with Crippen molar-refractivity contribution in [2.24, 2.45) is 11.8 Å². The van der Waals surface area contributed by atoms with Crippen molar-refractivity contribution in [1.82, 2.24) is 4.90 Å². The molecule has 1 aliphatic rings. The van der Waals surface area contributed by atoms with Crippen LogP contribution in [-0.2, 0) is 9.59 Å². The van der Waals surface area contributed by atoms with Gasteiger partial charge in [0.05, 0.1) is 17.5 Å². The number of nitrogens with one attached hydrogen (secondary N) is 1. The van der Waals surface area contributed by atoms with Crippen molar-refractivity contribution in [3.05, 3.63) is 76.8 Å².